The zero-order chi connectivity index (χ0) is 18.5. The summed E-state index contributed by atoms with van der Waals surface area (Å²) >= 11 is -4.34. The van der Waals surface area contributed by atoms with Gasteiger partial charge in [-0.3, -0.25) is 8.42 Å². The molecule has 0 saturated carbocycles. The van der Waals surface area contributed by atoms with Gasteiger partial charge >= 0.3 is 59.1 Å². The van der Waals surface area contributed by atoms with Gasteiger partial charge < -0.3 is 32.0 Å². The second-order valence-electron chi connectivity index (χ2n) is 4.81. The van der Waals surface area contributed by atoms with E-state index >= 15 is 0 Å². The van der Waals surface area contributed by atoms with E-state index in [1.807, 2.05) is 0 Å². The molecule has 26 heavy (non-hydrogen) atoms. The minimum atomic E-state index is -2.17. The first kappa shape index (κ1) is 34.1. The van der Waals surface area contributed by atoms with Crippen molar-refractivity contribution >= 4 is 65.3 Å². The second-order valence-corrected chi connectivity index (χ2v) is 11.9. The van der Waals surface area contributed by atoms with Crippen LogP contribution in [0, 0.1) is 0 Å². The molecule has 0 bridgehead atoms. The number of nitrogens with two attached hydrogens (primary N) is 4. The van der Waals surface area contributed by atoms with Crippen molar-refractivity contribution in [3.63, 3.8) is 0 Å². The van der Waals surface area contributed by atoms with Gasteiger partial charge in [-0.2, -0.15) is 0 Å². The molecule has 0 aromatic carbocycles. The molecule has 0 amide bonds. The molecular weight excluding hydrogens is 479 g/mol. The zero-order valence-electron chi connectivity index (χ0n) is 14.9. The summed E-state index contributed by atoms with van der Waals surface area (Å²) in [7, 11) is 6.43. The van der Waals surface area contributed by atoms with Crippen LogP contribution in [0.4, 0.5) is 0 Å². The van der Waals surface area contributed by atoms with Gasteiger partial charge in [0.2, 0.25) is 0 Å². The van der Waals surface area contributed by atoms with Gasteiger partial charge in [-0.25, -0.2) is 0 Å². The Morgan fingerprint density at radius 1 is 0.654 bits per heavy atom. The minimum Gasteiger partial charge on any atom is -0.772 e. The predicted molar refractivity (Wildman–Crippen MR) is 109 cm³/mol. The van der Waals surface area contributed by atoms with Crippen LogP contribution >= 0.6 is 43.2 Å². The Balaban J connectivity index is -0.00000264. The fraction of sp³-hybridized carbons (Fsp3) is 1.00. The van der Waals surface area contributed by atoms with Crippen molar-refractivity contribution in [2.24, 2.45) is 22.9 Å². The van der Waals surface area contributed by atoms with Crippen LogP contribution < -0.4 is 82.0 Å². The summed E-state index contributed by atoms with van der Waals surface area (Å²) in [5.74, 6) is 2.72. The molecule has 0 aliphatic rings. The Kier molecular flexibility index (Phi) is 28.4. The molecule has 6 atom stereocenters. The zero-order valence-corrected chi connectivity index (χ0v) is 23.8. The van der Waals surface area contributed by atoms with Gasteiger partial charge in [0.15, 0.2) is 0 Å². The first-order valence-corrected chi connectivity index (χ1v) is 14.3. The summed E-state index contributed by atoms with van der Waals surface area (Å²) in [4.78, 5) is 0. The molecule has 0 aromatic rings. The van der Waals surface area contributed by atoms with Crippen LogP contribution in [-0.2, 0) is 22.2 Å². The SMILES string of the molecule is N[C@@H](CSSCCSSC[C@H](N)[C@@H](N)CS(=O)[O-])[C@@H](N)CS(=O)[O-].[Na+].[Na+]. The third kappa shape index (κ3) is 20.7. The molecule has 0 radical (unpaired) electrons. The number of hydrogen-bond donors (Lipinski definition) is 4. The molecule has 2 unspecified atom stereocenters. The average Bonchev–Trinajstić information content (AvgIpc) is 2.47. The van der Waals surface area contributed by atoms with Gasteiger partial charge in [-0.15, -0.1) is 0 Å². The second kappa shape index (κ2) is 21.7. The monoisotopic (exact) mass is 502 g/mol. The summed E-state index contributed by atoms with van der Waals surface area (Å²) < 4.78 is 42.1. The van der Waals surface area contributed by atoms with Gasteiger partial charge in [-0.05, 0) is 0 Å². The molecule has 8 N–H and O–H groups in total. The van der Waals surface area contributed by atoms with Gasteiger partial charge in [0.05, 0.1) is 0 Å². The van der Waals surface area contributed by atoms with Crippen LogP contribution in [0.3, 0.4) is 0 Å². The van der Waals surface area contributed by atoms with Crippen LogP contribution in [0.1, 0.15) is 0 Å². The average molecular weight is 503 g/mol. The topological polar surface area (TPSA) is 184 Å². The summed E-state index contributed by atoms with van der Waals surface area (Å²) in [5.41, 5.74) is 23.0. The van der Waals surface area contributed by atoms with E-state index in [2.05, 4.69) is 0 Å². The van der Waals surface area contributed by atoms with Crippen molar-refractivity contribution in [3.05, 3.63) is 0 Å². The molecular formula is C10H24N4Na2O4S6. The van der Waals surface area contributed by atoms with E-state index in [1.54, 1.807) is 43.2 Å². The van der Waals surface area contributed by atoms with Crippen molar-refractivity contribution in [2.75, 3.05) is 34.5 Å². The van der Waals surface area contributed by atoms with E-state index in [-0.39, 0.29) is 82.7 Å². The molecule has 0 rings (SSSR count). The van der Waals surface area contributed by atoms with Crippen LogP contribution in [-0.4, -0.2) is 76.2 Å². The molecule has 16 heteroatoms. The van der Waals surface area contributed by atoms with E-state index in [0.717, 1.165) is 11.5 Å². The standard InChI is InChI=1S/C10H26N4O4S6.2Na/c11-7(9(13)5-23(15)16)3-21-19-1-2-20-22-4-8(12)10(14)6-24(17)18;;/h7-10H,1-6,11-14H2,(H,15,16)(H,17,18);;/q;2*+1/p-2/t7-,8-,9-,10-;;/m0../s1. The predicted octanol–water partition coefficient (Wildman–Crippen LogP) is -7.18. The van der Waals surface area contributed by atoms with Gasteiger partial charge in [0.1, 0.15) is 0 Å². The Morgan fingerprint density at radius 2 is 0.962 bits per heavy atom. The van der Waals surface area contributed by atoms with E-state index in [4.69, 9.17) is 22.9 Å². The van der Waals surface area contributed by atoms with Crippen LogP contribution in [0.25, 0.3) is 0 Å². The van der Waals surface area contributed by atoms with Crippen LogP contribution in [0.5, 0.6) is 0 Å². The smallest absolute Gasteiger partial charge is 0.772 e. The number of hydrogen-bond acceptors (Lipinski definition) is 12. The summed E-state index contributed by atoms with van der Waals surface area (Å²) in [5, 5.41) is 0. The Hall–Kier alpha value is 3.46. The Morgan fingerprint density at radius 3 is 1.23 bits per heavy atom. The van der Waals surface area contributed by atoms with Crippen LogP contribution in [0.15, 0.2) is 0 Å². The van der Waals surface area contributed by atoms with E-state index < -0.39 is 34.2 Å². The summed E-state index contributed by atoms with van der Waals surface area (Å²) in [6.45, 7) is 0. The summed E-state index contributed by atoms with van der Waals surface area (Å²) in [6.07, 6.45) is 0. The minimum absolute atomic E-state index is 0. The molecule has 0 spiro atoms. The van der Waals surface area contributed by atoms with Crippen molar-refractivity contribution in [1.29, 1.82) is 0 Å². The molecule has 8 nitrogen and oxygen atoms in total. The van der Waals surface area contributed by atoms with Crippen LogP contribution in [0.2, 0.25) is 0 Å². The van der Waals surface area contributed by atoms with Crippen molar-refractivity contribution < 1.29 is 76.6 Å². The van der Waals surface area contributed by atoms with E-state index in [1.165, 1.54) is 0 Å². The quantitative estimate of drug-likeness (QED) is 0.0719. The molecule has 146 valence electrons. The van der Waals surface area contributed by atoms with Crippen molar-refractivity contribution in [3.8, 4) is 0 Å². The molecule has 0 saturated heterocycles. The van der Waals surface area contributed by atoms with Crippen molar-refractivity contribution in [1.82, 2.24) is 0 Å². The molecule has 0 aliphatic carbocycles. The molecule has 0 heterocycles. The molecule has 0 fully saturated rings. The normalized spacial score (nSPS) is 17.9. The maximum absolute atomic E-state index is 10.5. The summed E-state index contributed by atoms with van der Waals surface area (Å²) in [6, 6.07) is -1.80. The largest absolute Gasteiger partial charge is 1.00 e. The van der Waals surface area contributed by atoms with Gasteiger partial charge in [0.25, 0.3) is 0 Å². The molecule has 0 aromatic heterocycles. The van der Waals surface area contributed by atoms with Gasteiger partial charge in [0, 0.05) is 58.7 Å². The molecule has 0 aliphatic heterocycles. The maximum Gasteiger partial charge on any atom is 1.00 e. The fourth-order valence-electron chi connectivity index (χ4n) is 1.25. The third-order valence-electron chi connectivity index (χ3n) is 2.69. The van der Waals surface area contributed by atoms with E-state index in [9.17, 15) is 17.5 Å². The first-order chi connectivity index (χ1) is 11.2. The third-order valence-corrected chi connectivity index (χ3v) is 9.20. The Labute approximate surface area is 220 Å². The Bertz CT molecular complexity index is 359. The number of rotatable bonds is 15. The fourth-order valence-corrected chi connectivity index (χ4v) is 7.60. The first-order valence-electron chi connectivity index (χ1n) is 6.87. The van der Waals surface area contributed by atoms with E-state index in [0.29, 0.717) is 11.5 Å². The van der Waals surface area contributed by atoms with Crippen molar-refractivity contribution in [2.45, 2.75) is 24.2 Å². The maximum atomic E-state index is 10.5. The van der Waals surface area contributed by atoms with Gasteiger partial charge in [-0.1, -0.05) is 65.3 Å².